The van der Waals surface area contributed by atoms with Crippen LogP contribution >= 0.6 is 0 Å². The summed E-state index contributed by atoms with van der Waals surface area (Å²) in [5.74, 6) is 0. The first kappa shape index (κ1) is 34.0. The van der Waals surface area contributed by atoms with Crippen LogP contribution in [0, 0.1) is 0 Å². The van der Waals surface area contributed by atoms with Crippen LogP contribution in [0.4, 0.5) is 17.1 Å². The fraction of sp³-hybridized carbons (Fsp3) is 0. The van der Waals surface area contributed by atoms with Crippen molar-refractivity contribution in [3.05, 3.63) is 237 Å². The third-order valence-electron chi connectivity index (χ3n) is 11.1. The van der Waals surface area contributed by atoms with E-state index in [1.807, 2.05) is 0 Å². The second-order valence-corrected chi connectivity index (χ2v) is 14.5. The van der Waals surface area contributed by atoms with Gasteiger partial charge >= 0.3 is 0 Å². The van der Waals surface area contributed by atoms with E-state index in [0.29, 0.717) is 0 Å². The van der Waals surface area contributed by atoms with E-state index in [4.69, 9.17) is 0 Å². The molecule has 0 fully saturated rings. The van der Waals surface area contributed by atoms with Gasteiger partial charge in [-0.1, -0.05) is 200 Å². The minimum Gasteiger partial charge on any atom is -0.310 e. The molecule has 0 aliphatic heterocycles. The van der Waals surface area contributed by atoms with E-state index in [1.54, 1.807) is 0 Å². The SMILES string of the molecule is c1ccc(-c2ccc(N(c3ccc(-c4ccccc4-c4ccccc4)cc3)c3cccc(-c4ccc5ccccc5c4)c3-c3cccc4ccccc34)cc2)cc1. The van der Waals surface area contributed by atoms with Crippen LogP contribution in [0.1, 0.15) is 0 Å². The molecule has 268 valence electrons. The van der Waals surface area contributed by atoms with Crippen LogP contribution in [0.2, 0.25) is 0 Å². The van der Waals surface area contributed by atoms with Gasteiger partial charge in [0, 0.05) is 16.9 Å². The van der Waals surface area contributed by atoms with Gasteiger partial charge in [-0.3, -0.25) is 0 Å². The van der Waals surface area contributed by atoms with Crippen LogP contribution in [0.25, 0.3) is 77.2 Å². The lowest BCUT2D eigenvalue weighted by Crippen LogP contribution is -2.12. The Bertz CT molecular complexity index is 2980. The lowest BCUT2D eigenvalue weighted by molar-refractivity contribution is 1.28. The Morgan fingerprint density at radius 1 is 0.246 bits per heavy atom. The van der Waals surface area contributed by atoms with Crippen molar-refractivity contribution in [1.29, 1.82) is 0 Å². The van der Waals surface area contributed by atoms with E-state index < -0.39 is 0 Å². The Kier molecular flexibility index (Phi) is 8.95. The number of hydrogen-bond acceptors (Lipinski definition) is 1. The molecule has 0 heterocycles. The number of anilines is 3. The van der Waals surface area contributed by atoms with Gasteiger partial charge in [0.1, 0.15) is 0 Å². The predicted octanol–water partition coefficient (Wildman–Crippen LogP) is 15.8. The van der Waals surface area contributed by atoms with Crippen molar-refractivity contribution in [2.24, 2.45) is 0 Å². The normalized spacial score (nSPS) is 11.2. The first-order valence-corrected chi connectivity index (χ1v) is 19.6. The predicted molar refractivity (Wildman–Crippen MR) is 243 cm³/mol. The molecule has 10 rings (SSSR count). The third kappa shape index (κ3) is 6.56. The Morgan fingerprint density at radius 2 is 0.702 bits per heavy atom. The van der Waals surface area contributed by atoms with Gasteiger partial charge in [-0.25, -0.2) is 0 Å². The summed E-state index contributed by atoms with van der Waals surface area (Å²) < 4.78 is 0. The molecule has 0 aliphatic rings. The zero-order valence-electron chi connectivity index (χ0n) is 31.5. The maximum absolute atomic E-state index is 2.43. The number of rotatable bonds is 8. The van der Waals surface area contributed by atoms with Gasteiger partial charge in [-0.05, 0) is 108 Å². The Morgan fingerprint density at radius 3 is 1.40 bits per heavy atom. The minimum absolute atomic E-state index is 1.08. The van der Waals surface area contributed by atoms with Crippen molar-refractivity contribution in [3.8, 4) is 55.6 Å². The lowest BCUT2D eigenvalue weighted by Gasteiger charge is -2.30. The molecule has 10 aromatic carbocycles. The zero-order valence-corrected chi connectivity index (χ0v) is 31.5. The smallest absolute Gasteiger partial charge is 0.0546 e. The van der Waals surface area contributed by atoms with Gasteiger partial charge in [-0.15, -0.1) is 0 Å². The summed E-state index contributed by atoms with van der Waals surface area (Å²) in [7, 11) is 0. The maximum atomic E-state index is 2.43. The number of nitrogens with zero attached hydrogens (tertiary/aromatic N) is 1. The molecule has 0 radical (unpaired) electrons. The van der Waals surface area contributed by atoms with Gasteiger partial charge < -0.3 is 4.90 Å². The second kappa shape index (κ2) is 15.0. The van der Waals surface area contributed by atoms with Crippen molar-refractivity contribution in [3.63, 3.8) is 0 Å². The summed E-state index contributed by atoms with van der Waals surface area (Å²) in [6.07, 6.45) is 0. The molecule has 1 nitrogen and oxygen atoms in total. The summed E-state index contributed by atoms with van der Waals surface area (Å²) in [6, 6.07) is 85.7. The van der Waals surface area contributed by atoms with Crippen LogP contribution in [-0.4, -0.2) is 0 Å². The highest BCUT2D eigenvalue weighted by Gasteiger charge is 2.22. The second-order valence-electron chi connectivity index (χ2n) is 14.5. The highest BCUT2D eigenvalue weighted by Crippen LogP contribution is 2.48. The molecule has 0 atom stereocenters. The van der Waals surface area contributed by atoms with E-state index in [1.165, 1.54) is 77.2 Å². The summed E-state index contributed by atoms with van der Waals surface area (Å²) in [5.41, 5.74) is 15.3. The molecule has 0 aromatic heterocycles. The maximum Gasteiger partial charge on any atom is 0.0546 e. The molecule has 0 unspecified atom stereocenters. The Balaban J connectivity index is 1.20. The Labute approximate surface area is 334 Å². The van der Waals surface area contributed by atoms with E-state index in [0.717, 1.165) is 17.1 Å². The minimum atomic E-state index is 1.08. The standard InChI is InChI=1S/C56H39N/c1-3-15-40(16-4-1)42-31-35-48(36-32-42)57(49-37-33-45(34-38-49)51-24-12-11-23-50(51)43-18-5-2-6-19-43)55-28-14-26-53(47-30-29-41-17-7-8-21-46(41)39-47)56(55)54-27-13-22-44-20-9-10-25-52(44)54/h1-39H. The highest BCUT2D eigenvalue weighted by atomic mass is 15.1. The van der Waals surface area contributed by atoms with Gasteiger partial charge in [-0.2, -0.15) is 0 Å². The summed E-state index contributed by atoms with van der Waals surface area (Å²) in [5, 5.41) is 4.90. The molecule has 0 aliphatic carbocycles. The van der Waals surface area contributed by atoms with Crippen LogP contribution in [0.5, 0.6) is 0 Å². The number of hydrogen-bond donors (Lipinski definition) is 0. The molecular formula is C56H39N. The van der Waals surface area contributed by atoms with Crippen molar-refractivity contribution >= 4 is 38.6 Å². The summed E-state index contributed by atoms with van der Waals surface area (Å²) >= 11 is 0. The fourth-order valence-electron chi connectivity index (χ4n) is 8.31. The molecule has 0 saturated heterocycles. The summed E-state index contributed by atoms with van der Waals surface area (Å²) in [4.78, 5) is 2.43. The average molecular weight is 726 g/mol. The van der Waals surface area contributed by atoms with E-state index in [9.17, 15) is 0 Å². The van der Waals surface area contributed by atoms with Crippen molar-refractivity contribution in [2.45, 2.75) is 0 Å². The quantitative estimate of drug-likeness (QED) is 0.151. The topological polar surface area (TPSA) is 3.24 Å². The molecule has 0 amide bonds. The molecule has 0 saturated carbocycles. The van der Waals surface area contributed by atoms with Gasteiger partial charge in [0.15, 0.2) is 0 Å². The number of benzene rings is 10. The molecule has 0 spiro atoms. The average Bonchev–Trinajstić information content (AvgIpc) is 3.30. The van der Waals surface area contributed by atoms with Gasteiger partial charge in [0.05, 0.1) is 5.69 Å². The molecule has 57 heavy (non-hydrogen) atoms. The first-order chi connectivity index (χ1) is 28.3. The molecule has 0 N–H and O–H groups in total. The number of fused-ring (bicyclic) bond motifs is 2. The Hall–Kier alpha value is -7.48. The molecule has 10 aromatic rings. The largest absolute Gasteiger partial charge is 0.310 e. The van der Waals surface area contributed by atoms with Crippen molar-refractivity contribution in [2.75, 3.05) is 4.90 Å². The van der Waals surface area contributed by atoms with E-state index >= 15 is 0 Å². The van der Waals surface area contributed by atoms with Gasteiger partial charge in [0.2, 0.25) is 0 Å². The monoisotopic (exact) mass is 725 g/mol. The molecular weight excluding hydrogens is 687 g/mol. The van der Waals surface area contributed by atoms with Crippen LogP contribution in [0.15, 0.2) is 237 Å². The van der Waals surface area contributed by atoms with E-state index in [2.05, 4.69) is 241 Å². The van der Waals surface area contributed by atoms with Crippen LogP contribution in [-0.2, 0) is 0 Å². The molecule has 1 heteroatoms. The first-order valence-electron chi connectivity index (χ1n) is 19.6. The highest BCUT2D eigenvalue weighted by molar-refractivity contribution is 6.07. The third-order valence-corrected chi connectivity index (χ3v) is 11.1. The van der Waals surface area contributed by atoms with Crippen LogP contribution < -0.4 is 4.90 Å². The summed E-state index contributed by atoms with van der Waals surface area (Å²) in [6.45, 7) is 0. The van der Waals surface area contributed by atoms with Crippen molar-refractivity contribution in [1.82, 2.24) is 0 Å². The van der Waals surface area contributed by atoms with Crippen LogP contribution in [0.3, 0.4) is 0 Å². The fourth-order valence-corrected chi connectivity index (χ4v) is 8.31. The lowest BCUT2D eigenvalue weighted by atomic mass is 9.88. The van der Waals surface area contributed by atoms with Gasteiger partial charge in [0.25, 0.3) is 0 Å². The van der Waals surface area contributed by atoms with Crippen molar-refractivity contribution < 1.29 is 0 Å². The molecule has 0 bridgehead atoms. The zero-order chi connectivity index (χ0) is 38.0. The van der Waals surface area contributed by atoms with E-state index in [-0.39, 0.29) is 0 Å².